The number of nitrogens with one attached hydrogen (secondary N) is 1. The van der Waals surface area contributed by atoms with Crippen LogP contribution < -0.4 is 11.1 Å². The molecule has 0 radical (unpaired) electrons. The van der Waals surface area contributed by atoms with Crippen LogP contribution in [0.5, 0.6) is 0 Å². The maximum Gasteiger partial charge on any atom is 0.242 e. The fourth-order valence-electron chi connectivity index (χ4n) is 2.15. The van der Waals surface area contributed by atoms with E-state index in [2.05, 4.69) is 15.4 Å². The SMILES string of the molecule is NC(=S)c1ncn(CC(=O)NC2CCCCC2)n1. The van der Waals surface area contributed by atoms with E-state index in [1.54, 1.807) is 0 Å². The number of thiocarbonyl (C=S) groups is 1. The summed E-state index contributed by atoms with van der Waals surface area (Å²) in [6, 6.07) is 0.310. The van der Waals surface area contributed by atoms with Crippen molar-refractivity contribution in [3.8, 4) is 0 Å². The Morgan fingerprint density at radius 3 is 2.83 bits per heavy atom. The highest BCUT2D eigenvalue weighted by Gasteiger charge is 2.16. The van der Waals surface area contributed by atoms with Gasteiger partial charge in [0.1, 0.15) is 17.9 Å². The van der Waals surface area contributed by atoms with E-state index in [4.69, 9.17) is 18.0 Å². The zero-order valence-corrected chi connectivity index (χ0v) is 10.9. The van der Waals surface area contributed by atoms with Gasteiger partial charge in [-0.1, -0.05) is 31.5 Å². The molecule has 1 aliphatic carbocycles. The maximum absolute atomic E-state index is 11.8. The van der Waals surface area contributed by atoms with Crippen molar-refractivity contribution >= 4 is 23.1 Å². The largest absolute Gasteiger partial charge is 0.387 e. The minimum atomic E-state index is -0.0405. The molecular formula is C11H17N5OS. The standard InChI is InChI=1S/C11H17N5OS/c12-10(18)11-13-7-16(15-11)6-9(17)14-8-4-2-1-3-5-8/h7-8H,1-6H2,(H2,12,18)(H,14,17). The molecule has 2 rings (SSSR count). The molecule has 7 heteroatoms. The van der Waals surface area contributed by atoms with Crippen LogP contribution in [0.3, 0.4) is 0 Å². The Hall–Kier alpha value is -1.50. The van der Waals surface area contributed by atoms with E-state index in [0.717, 1.165) is 12.8 Å². The first-order chi connectivity index (χ1) is 8.65. The van der Waals surface area contributed by atoms with Crippen molar-refractivity contribution in [3.63, 3.8) is 0 Å². The summed E-state index contributed by atoms with van der Waals surface area (Å²) in [6.45, 7) is 0.159. The average molecular weight is 267 g/mol. The Labute approximate surface area is 111 Å². The van der Waals surface area contributed by atoms with Gasteiger partial charge in [-0.2, -0.15) is 0 Å². The molecule has 18 heavy (non-hydrogen) atoms. The van der Waals surface area contributed by atoms with Gasteiger partial charge in [-0.05, 0) is 12.8 Å². The van der Waals surface area contributed by atoms with E-state index in [0.29, 0.717) is 11.9 Å². The lowest BCUT2D eigenvalue weighted by Crippen LogP contribution is -2.38. The molecule has 1 heterocycles. The van der Waals surface area contributed by atoms with Gasteiger partial charge in [-0.3, -0.25) is 4.79 Å². The molecular weight excluding hydrogens is 250 g/mol. The van der Waals surface area contributed by atoms with Gasteiger partial charge in [0.2, 0.25) is 11.7 Å². The van der Waals surface area contributed by atoms with Gasteiger partial charge in [0, 0.05) is 6.04 Å². The van der Waals surface area contributed by atoms with Crippen LogP contribution in [0.2, 0.25) is 0 Å². The average Bonchev–Trinajstić information content (AvgIpc) is 2.78. The summed E-state index contributed by atoms with van der Waals surface area (Å²) < 4.78 is 1.45. The molecule has 0 aliphatic heterocycles. The van der Waals surface area contributed by atoms with Crippen LogP contribution in [-0.4, -0.2) is 31.7 Å². The Morgan fingerprint density at radius 2 is 2.22 bits per heavy atom. The van der Waals surface area contributed by atoms with Gasteiger partial charge in [0.05, 0.1) is 0 Å². The number of rotatable bonds is 4. The van der Waals surface area contributed by atoms with Crippen LogP contribution in [0.25, 0.3) is 0 Å². The minimum Gasteiger partial charge on any atom is -0.387 e. The second kappa shape index (κ2) is 5.90. The number of amides is 1. The lowest BCUT2D eigenvalue weighted by molar-refractivity contribution is -0.122. The second-order valence-corrected chi connectivity index (χ2v) is 4.97. The van der Waals surface area contributed by atoms with Gasteiger partial charge in [0.15, 0.2) is 0 Å². The number of aromatic nitrogens is 3. The molecule has 1 saturated carbocycles. The monoisotopic (exact) mass is 267 g/mol. The number of nitrogens with two attached hydrogens (primary N) is 1. The first kappa shape index (κ1) is 12.9. The third-order valence-electron chi connectivity index (χ3n) is 3.03. The highest BCUT2D eigenvalue weighted by atomic mass is 32.1. The third-order valence-corrected chi connectivity index (χ3v) is 3.22. The number of hydrogen-bond acceptors (Lipinski definition) is 4. The van der Waals surface area contributed by atoms with E-state index in [1.807, 2.05) is 0 Å². The Morgan fingerprint density at radius 1 is 1.50 bits per heavy atom. The summed E-state index contributed by atoms with van der Waals surface area (Å²) in [5.41, 5.74) is 5.40. The van der Waals surface area contributed by atoms with Crippen molar-refractivity contribution in [2.75, 3.05) is 0 Å². The Balaban J connectivity index is 1.84. The lowest BCUT2D eigenvalue weighted by Gasteiger charge is -2.22. The zero-order valence-electron chi connectivity index (χ0n) is 10.1. The van der Waals surface area contributed by atoms with Crippen LogP contribution in [0.1, 0.15) is 37.9 Å². The predicted octanol–water partition coefficient (Wildman–Crippen LogP) is 0.361. The topological polar surface area (TPSA) is 85.8 Å². The summed E-state index contributed by atoms with van der Waals surface area (Å²) in [5, 5.41) is 7.04. The van der Waals surface area contributed by atoms with Crippen LogP contribution in [0.4, 0.5) is 0 Å². The highest BCUT2D eigenvalue weighted by molar-refractivity contribution is 7.80. The smallest absolute Gasteiger partial charge is 0.242 e. The van der Waals surface area contributed by atoms with E-state index in [1.165, 1.54) is 30.3 Å². The van der Waals surface area contributed by atoms with E-state index < -0.39 is 0 Å². The summed E-state index contributed by atoms with van der Waals surface area (Å²) in [6.07, 6.45) is 7.27. The molecule has 0 aromatic carbocycles. The summed E-state index contributed by atoms with van der Waals surface area (Å²) >= 11 is 4.76. The van der Waals surface area contributed by atoms with Crippen LogP contribution in [0.15, 0.2) is 6.33 Å². The second-order valence-electron chi connectivity index (χ2n) is 4.53. The maximum atomic E-state index is 11.8. The lowest BCUT2D eigenvalue weighted by atomic mass is 9.95. The third kappa shape index (κ3) is 3.49. The highest BCUT2D eigenvalue weighted by Crippen LogP contribution is 2.17. The molecule has 0 bridgehead atoms. The fourth-order valence-corrected chi connectivity index (χ4v) is 2.24. The van der Waals surface area contributed by atoms with Crippen molar-refractivity contribution in [1.29, 1.82) is 0 Å². The van der Waals surface area contributed by atoms with Gasteiger partial charge in [0.25, 0.3) is 0 Å². The zero-order chi connectivity index (χ0) is 13.0. The molecule has 0 saturated heterocycles. The van der Waals surface area contributed by atoms with Crippen LogP contribution in [-0.2, 0) is 11.3 Å². The Bertz CT molecular complexity index is 438. The van der Waals surface area contributed by atoms with Gasteiger partial charge >= 0.3 is 0 Å². The predicted molar refractivity (Wildman–Crippen MR) is 70.9 cm³/mol. The molecule has 1 aliphatic rings. The van der Waals surface area contributed by atoms with Crippen molar-refractivity contribution < 1.29 is 4.79 Å². The molecule has 1 fully saturated rings. The van der Waals surface area contributed by atoms with Crippen LogP contribution in [0, 0.1) is 0 Å². The molecule has 3 N–H and O–H groups in total. The van der Waals surface area contributed by atoms with Crippen molar-refractivity contribution in [2.24, 2.45) is 5.73 Å². The Kier molecular flexibility index (Phi) is 4.24. The van der Waals surface area contributed by atoms with E-state index >= 15 is 0 Å². The van der Waals surface area contributed by atoms with Crippen LogP contribution >= 0.6 is 12.2 Å². The molecule has 1 aromatic rings. The molecule has 6 nitrogen and oxygen atoms in total. The van der Waals surface area contributed by atoms with Crippen molar-refractivity contribution in [1.82, 2.24) is 20.1 Å². The molecule has 1 amide bonds. The quantitative estimate of drug-likeness (QED) is 0.769. The minimum absolute atomic E-state index is 0.0405. The van der Waals surface area contributed by atoms with Crippen molar-refractivity contribution in [3.05, 3.63) is 12.2 Å². The molecule has 1 aromatic heterocycles. The van der Waals surface area contributed by atoms with E-state index in [-0.39, 0.29) is 17.4 Å². The number of carbonyl (C=O) groups excluding carboxylic acids is 1. The molecule has 0 unspecified atom stereocenters. The first-order valence-corrected chi connectivity index (χ1v) is 6.54. The molecule has 0 spiro atoms. The number of nitrogens with zero attached hydrogens (tertiary/aromatic N) is 3. The van der Waals surface area contributed by atoms with Gasteiger partial charge in [-0.15, -0.1) is 5.10 Å². The summed E-state index contributed by atoms with van der Waals surface area (Å²) in [7, 11) is 0. The van der Waals surface area contributed by atoms with Gasteiger partial charge < -0.3 is 11.1 Å². The number of hydrogen-bond donors (Lipinski definition) is 2. The molecule has 0 atom stereocenters. The first-order valence-electron chi connectivity index (χ1n) is 6.14. The van der Waals surface area contributed by atoms with Gasteiger partial charge in [-0.25, -0.2) is 9.67 Å². The number of carbonyl (C=O) groups is 1. The summed E-state index contributed by atoms with van der Waals surface area (Å²) in [4.78, 5) is 15.9. The van der Waals surface area contributed by atoms with E-state index in [9.17, 15) is 4.79 Å². The van der Waals surface area contributed by atoms with Crippen molar-refractivity contribution in [2.45, 2.75) is 44.7 Å². The normalized spacial score (nSPS) is 16.4. The molecule has 98 valence electrons. The summed E-state index contributed by atoms with van der Waals surface area (Å²) in [5.74, 6) is 0.261. The fraction of sp³-hybridized carbons (Fsp3) is 0.636.